The summed E-state index contributed by atoms with van der Waals surface area (Å²) in [7, 11) is 0. The Morgan fingerprint density at radius 1 is 1.33 bits per heavy atom. The molecule has 2 fully saturated rings. The van der Waals surface area contributed by atoms with Crippen molar-refractivity contribution in [2.24, 2.45) is 11.8 Å². The van der Waals surface area contributed by atoms with E-state index in [1.807, 2.05) is 25.1 Å². The second-order valence-corrected chi connectivity index (χ2v) is 7.75. The Bertz CT molecular complexity index is 599. The SMILES string of the molecule is Cc1cc(NC(=O)CC(C)C2CCCNC2)ccc1OC1CCOCC1.Cl. The molecule has 152 valence electrons. The first-order valence-corrected chi connectivity index (χ1v) is 9.97. The number of halogens is 1. The zero-order valence-electron chi connectivity index (χ0n) is 16.5. The smallest absolute Gasteiger partial charge is 0.224 e. The number of amides is 1. The highest BCUT2D eigenvalue weighted by molar-refractivity contribution is 5.91. The summed E-state index contributed by atoms with van der Waals surface area (Å²) in [5.41, 5.74) is 1.90. The first-order valence-electron chi connectivity index (χ1n) is 9.97. The van der Waals surface area contributed by atoms with Crippen LogP contribution in [-0.4, -0.2) is 38.3 Å². The molecule has 2 N–H and O–H groups in total. The Morgan fingerprint density at radius 3 is 2.78 bits per heavy atom. The monoisotopic (exact) mass is 396 g/mol. The van der Waals surface area contributed by atoms with E-state index in [1.165, 1.54) is 12.8 Å². The Kier molecular flexibility index (Phi) is 8.87. The second kappa shape index (κ2) is 10.9. The van der Waals surface area contributed by atoms with Gasteiger partial charge in [0.25, 0.3) is 0 Å². The Morgan fingerprint density at radius 2 is 2.11 bits per heavy atom. The molecule has 0 spiro atoms. The Balaban J connectivity index is 0.00000261. The number of nitrogens with one attached hydrogen (secondary N) is 2. The van der Waals surface area contributed by atoms with Gasteiger partial charge in [-0.15, -0.1) is 12.4 Å². The minimum Gasteiger partial charge on any atom is -0.490 e. The quantitative estimate of drug-likeness (QED) is 0.764. The highest BCUT2D eigenvalue weighted by Gasteiger charge is 2.22. The van der Waals surface area contributed by atoms with Gasteiger partial charge in [0.2, 0.25) is 5.91 Å². The average Bonchev–Trinajstić information content (AvgIpc) is 2.65. The van der Waals surface area contributed by atoms with E-state index in [4.69, 9.17) is 9.47 Å². The van der Waals surface area contributed by atoms with Crippen molar-refractivity contribution in [2.45, 2.75) is 52.1 Å². The summed E-state index contributed by atoms with van der Waals surface area (Å²) >= 11 is 0. The maximum absolute atomic E-state index is 12.4. The standard InChI is InChI=1S/C21H32N2O3.ClH/c1-15(17-4-3-9-22-14-17)13-21(24)23-18-5-6-20(16(2)12-18)26-19-7-10-25-11-8-19;/h5-6,12,15,17,19,22H,3-4,7-11,13-14H2,1-2H3,(H,23,24);1H. The van der Waals surface area contributed by atoms with Gasteiger partial charge in [-0.3, -0.25) is 4.79 Å². The van der Waals surface area contributed by atoms with Crippen molar-refractivity contribution in [3.05, 3.63) is 23.8 Å². The van der Waals surface area contributed by atoms with Crippen LogP contribution in [0.3, 0.4) is 0 Å². The topological polar surface area (TPSA) is 59.6 Å². The largest absolute Gasteiger partial charge is 0.490 e. The summed E-state index contributed by atoms with van der Waals surface area (Å²) < 4.78 is 11.5. The molecule has 2 aliphatic rings. The van der Waals surface area contributed by atoms with E-state index in [-0.39, 0.29) is 24.4 Å². The number of hydrogen-bond donors (Lipinski definition) is 2. The first kappa shape index (κ1) is 22.0. The third kappa shape index (κ3) is 6.66. The minimum absolute atomic E-state index is 0. The molecule has 0 aromatic heterocycles. The third-order valence-electron chi connectivity index (χ3n) is 5.57. The van der Waals surface area contributed by atoms with Crippen LogP contribution in [0.2, 0.25) is 0 Å². The molecule has 1 aromatic carbocycles. The van der Waals surface area contributed by atoms with E-state index in [2.05, 4.69) is 17.6 Å². The lowest BCUT2D eigenvalue weighted by Crippen LogP contribution is -2.34. The Hall–Kier alpha value is -1.30. The summed E-state index contributed by atoms with van der Waals surface area (Å²) in [5.74, 6) is 2.00. The third-order valence-corrected chi connectivity index (χ3v) is 5.57. The van der Waals surface area contributed by atoms with Crippen LogP contribution in [0, 0.1) is 18.8 Å². The molecule has 2 atom stereocenters. The van der Waals surface area contributed by atoms with Gasteiger partial charge in [-0.2, -0.15) is 0 Å². The number of benzene rings is 1. The summed E-state index contributed by atoms with van der Waals surface area (Å²) in [4.78, 5) is 12.4. The molecule has 2 saturated heterocycles. The zero-order valence-corrected chi connectivity index (χ0v) is 17.3. The van der Waals surface area contributed by atoms with E-state index >= 15 is 0 Å². The second-order valence-electron chi connectivity index (χ2n) is 7.75. The lowest BCUT2D eigenvalue weighted by atomic mass is 9.85. The summed E-state index contributed by atoms with van der Waals surface area (Å²) in [6.45, 7) is 7.90. The summed E-state index contributed by atoms with van der Waals surface area (Å²) in [6.07, 6.45) is 5.11. The molecule has 0 saturated carbocycles. The van der Waals surface area contributed by atoms with Crippen molar-refractivity contribution < 1.29 is 14.3 Å². The number of ether oxygens (including phenoxy) is 2. The number of aryl methyl sites for hydroxylation is 1. The molecule has 0 radical (unpaired) electrons. The van der Waals surface area contributed by atoms with Crippen LogP contribution < -0.4 is 15.4 Å². The molecule has 6 heteroatoms. The fourth-order valence-corrected chi connectivity index (χ4v) is 3.87. The van der Waals surface area contributed by atoms with Gasteiger partial charge in [0.05, 0.1) is 13.2 Å². The van der Waals surface area contributed by atoms with Crippen LogP contribution in [-0.2, 0) is 9.53 Å². The average molecular weight is 397 g/mol. The molecule has 1 amide bonds. The van der Waals surface area contributed by atoms with Gasteiger partial charge >= 0.3 is 0 Å². The highest BCUT2D eigenvalue weighted by atomic mass is 35.5. The van der Waals surface area contributed by atoms with Crippen molar-refractivity contribution in [3.8, 4) is 5.75 Å². The Labute approximate surface area is 169 Å². The number of carbonyl (C=O) groups excluding carboxylic acids is 1. The van der Waals surface area contributed by atoms with Crippen LogP contribution >= 0.6 is 12.4 Å². The van der Waals surface area contributed by atoms with Crippen molar-refractivity contribution in [1.82, 2.24) is 5.32 Å². The number of anilines is 1. The van der Waals surface area contributed by atoms with Crippen molar-refractivity contribution in [1.29, 1.82) is 0 Å². The number of piperidine rings is 1. The van der Waals surface area contributed by atoms with Crippen LogP contribution in [0.1, 0.15) is 44.6 Å². The number of carbonyl (C=O) groups is 1. The van der Waals surface area contributed by atoms with Crippen molar-refractivity contribution >= 4 is 24.0 Å². The zero-order chi connectivity index (χ0) is 18.4. The fourth-order valence-electron chi connectivity index (χ4n) is 3.87. The van der Waals surface area contributed by atoms with Gasteiger partial charge < -0.3 is 20.1 Å². The number of rotatable bonds is 6. The summed E-state index contributed by atoms with van der Waals surface area (Å²) in [5, 5.41) is 6.48. The summed E-state index contributed by atoms with van der Waals surface area (Å²) in [6, 6.07) is 5.90. The van der Waals surface area contributed by atoms with Crippen molar-refractivity contribution in [3.63, 3.8) is 0 Å². The molecular weight excluding hydrogens is 364 g/mol. The predicted octanol–water partition coefficient (Wildman–Crippen LogP) is 3.94. The highest BCUT2D eigenvalue weighted by Crippen LogP contribution is 2.26. The molecule has 3 rings (SSSR count). The maximum Gasteiger partial charge on any atom is 0.224 e. The van der Waals surface area contributed by atoms with Gasteiger partial charge in [0.15, 0.2) is 0 Å². The van der Waals surface area contributed by atoms with E-state index in [0.29, 0.717) is 18.3 Å². The fraction of sp³-hybridized carbons (Fsp3) is 0.667. The van der Waals surface area contributed by atoms with Gasteiger partial charge in [0.1, 0.15) is 11.9 Å². The van der Waals surface area contributed by atoms with E-state index in [1.54, 1.807) is 0 Å². The molecule has 2 heterocycles. The molecule has 27 heavy (non-hydrogen) atoms. The van der Waals surface area contributed by atoms with Gasteiger partial charge in [-0.05, 0) is 68.5 Å². The first-order chi connectivity index (χ1) is 12.6. The van der Waals surface area contributed by atoms with Crippen LogP contribution in [0.15, 0.2) is 18.2 Å². The van der Waals surface area contributed by atoms with E-state index in [9.17, 15) is 4.79 Å². The van der Waals surface area contributed by atoms with Crippen LogP contribution in [0.25, 0.3) is 0 Å². The van der Waals surface area contributed by atoms with E-state index in [0.717, 1.165) is 56.1 Å². The maximum atomic E-state index is 12.4. The van der Waals surface area contributed by atoms with Crippen LogP contribution in [0.4, 0.5) is 5.69 Å². The minimum atomic E-state index is 0. The van der Waals surface area contributed by atoms with Gasteiger partial charge in [-0.25, -0.2) is 0 Å². The lowest BCUT2D eigenvalue weighted by molar-refractivity contribution is -0.117. The molecule has 2 unspecified atom stereocenters. The van der Waals surface area contributed by atoms with Gasteiger partial charge in [0, 0.05) is 24.9 Å². The van der Waals surface area contributed by atoms with Gasteiger partial charge in [-0.1, -0.05) is 6.92 Å². The lowest BCUT2D eigenvalue weighted by Gasteiger charge is -2.28. The van der Waals surface area contributed by atoms with Crippen molar-refractivity contribution in [2.75, 3.05) is 31.6 Å². The molecule has 0 bridgehead atoms. The normalized spacial score (nSPS) is 21.8. The molecule has 2 aliphatic heterocycles. The molecule has 5 nitrogen and oxygen atoms in total. The molecule has 1 aromatic rings. The molecular formula is C21H33ClN2O3. The van der Waals surface area contributed by atoms with Crippen LogP contribution in [0.5, 0.6) is 5.75 Å². The van der Waals surface area contributed by atoms with E-state index < -0.39 is 0 Å². The molecule has 0 aliphatic carbocycles. The predicted molar refractivity (Wildman–Crippen MR) is 111 cm³/mol. The number of hydrogen-bond acceptors (Lipinski definition) is 4.